The van der Waals surface area contributed by atoms with E-state index in [1.807, 2.05) is 0 Å². The van der Waals surface area contributed by atoms with Gasteiger partial charge in [0.1, 0.15) is 19.4 Å². The van der Waals surface area contributed by atoms with Gasteiger partial charge in [0.2, 0.25) is 4.73 Å². The molecule has 0 aliphatic rings. The van der Waals surface area contributed by atoms with Crippen LogP contribution in [0.3, 0.4) is 0 Å². The SMILES string of the molecule is [B]c1cn[nH]c1-n1c(Br)nnc1-c1ncc(Cl)cc1NS(=O)(=O)c1ccc(Cl)c(Cl)c1. The summed E-state index contributed by atoms with van der Waals surface area (Å²) in [7, 11) is 1.87. The fourth-order valence-corrected chi connectivity index (χ4v) is 4.66. The Bertz CT molecular complexity index is 1410. The zero-order valence-corrected chi connectivity index (χ0v) is 19.7. The Morgan fingerprint density at radius 3 is 2.55 bits per heavy atom. The number of H-pyrrole nitrogens is 1. The number of anilines is 1. The minimum atomic E-state index is -4.07. The fourth-order valence-electron chi connectivity index (χ4n) is 2.63. The summed E-state index contributed by atoms with van der Waals surface area (Å²) in [6, 6.07) is 5.32. The number of aromatic nitrogens is 6. The Kier molecular flexibility index (Phi) is 6.01. The van der Waals surface area contributed by atoms with E-state index in [9.17, 15) is 8.42 Å². The van der Waals surface area contributed by atoms with Crippen LogP contribution in [-0.4, -0.2) is 46.2 Å². The molecule has 9 nitrogen and oxygen atoms in total. The second kappa shape index (κ2) is 8.43. The van der Waals surface area contributed by atoms with Crippen LogP contribution in [0.15, 0.2) is 46.3 Å². The van der Waals surface area contributed by atoms with Crippen molar-refractivity contribution in [1.29, 1.82) is 0 Å². The molecule has 3 aromatic heterocycles. The van der Waals surface area contributed by atoms with Gasteiger partial charge in [-0.25, -0.2) is 13.4 Å². The minimum Gasteiger partial charge on any atom is -0.277 e. The van der Waals surface area contributed by atoms with Crippen LogP contribution < -0.4 is 10.2 Å². The van der Waals surface area contributed by atoms with E-state index in [2.05, 4.69) is 46.0 Å². The van der Waals surface area contributed by atoms with Crippen molar-refractivity contribution < 1.29 is 8.42 Å². The number of nitrogens with zero attached hydrogens (tertiary/aromatic N) is 5. The first-order valence-corrected chi connectivity index (χ1v) is 11.6. The van der Waals surface area contributed by atoms with Gasteiger partial charge in [-0.05, 0) is 45.7 Å². The lowest BCUT2D eigenvalue weighted by Crippen LogP contribution is -2.16. The van der Waals surface area contributed by atoms with Gasteiger partial charge in [-0.3, -0.25) is 14.4 Å². The van der Waals surface area contributed by atoms with Crippen LogP contribution in [0.25, 0.3) is 17.3 Å². The molecule has 0 fully saturated rings. The molecular weight excluding hydrogens is 551 g/mol. The highest BCUT2D eigenvalue weighted by atomic mass is 79.9. The summed E-state index contributed by atoms with van der Waals surface area (Å²) in [6.45, 7) is 0. The summed E-state index contributed by atoms with van der Waals surface area (Å²) in [5.74, 6) is 0.535. The van der Waals surface area contributed by atoms with Gasteiger partial charge in [0.05, 0.1) is 25.7 Å². The third-order valence-electron chi connectivity index (χ3n) is 4.01. The standard InChI is InChI=1S/C16H8BBrCl3N7O2S/c17-9-6-23-24-14(9)28-15(25-26-16(28)18)13-12(3-7(19)5-22-13)27-31(29,30)8-1-2-10(20)11(21)4-8/h1-6,27H,(H,23,24). The molecule has 4 rings (SSSR count). The predicted octanol–water partition coefficient (Wildman–Crippen LogP) is 3.37. The van der Waals surface area contributed by atoms with Crippen LogP contribution in [0.5, 0.6) is 0 Å². The highest BCUT2D eigenvalue weighted by molar-refractivity contribution is 9.10. The van der Waals surface area contributed by atoms with Crippen molar-refractivity contribution in [2.24, 2.45) is 0 Å². The molecule has 2 N–H and O–H groups in total. The van der Waals surface area contributed by atoms with E-state index >= 15 is 0 Å². The van der Waals surface area contributed by atoms with E-state index in [4.69, 9.17) is 42.6 Å². The smallest absolute Gasteiger partial charge is 0.262 e. The molecule has 0 aliphatic heterocycles. The first kappa shape index (κ1) is 22.1. The summed E-state index contributed by atoms with van der Waals surface area (Å²) in [5, 5.41) is 15.2. The fraction of sp³-hybridized carbons (Fsp3) is 0. The molecule has 0 aliphatic carbocycles. The summed E-state index contributed by atoms with van der Waals surface area (Å²) in [5.41, 5.74) is 0.506. The third kappa shape index (κ3) is 4.30. The van der Waals surface area contributed by atoms with Gasteiger partial charge in [-0.1, -0.05) is 34.8 Å². The van der Waals surface area contributed by atoms with Crippen LogP contribution in [0.2, 0.25) is 15.1 Å². The molecule has 15 heteroatoms. The highest BCUT2D eigenvalue weighted by Crippen LogP contribution is 2.32. The van der Waals surface area contributed by atoms with Gasteiger partial charge < -0.3 is 0 Å². The summed E-state index contributed by atoms with van der Waals surface area (Å²) >= 11 is 21.2. The molecule has 156 valence electrons. The molecule has 4 aromatic rings. The Morgan fingerprint density at radius 1 is 1.10 bits per heavy atom. The molecule has 3 heterocycles. The van der Waals surface area contributed by atoms with Crippen molar-refractivity contribution in [2.45, 2.75) is 4.90 Å². The van der Waals surface area contributed by atoms with Crippen molar-refractivity contribution in [2.75, 3.05) is 4.72 Å². The normalized spacial score (nSPS) is 11.6. The lowest BCUT2D eigenvalue weighted by Gasteiger charge is -2.13. The minimum absolute atomic E-state index is 0.0535. The number of rotatable bonds is 5. The zero-order valence-electron chi connectivity index (χ0n) is 15.0. The van der Waals surface area contributed by atoms with Crippen LogP contribution in [0, 0.1) is 0 Å². The first-order valence-electron chi connectivity index (χ1n) is 8.21. The van der Waals surface area contributed by atoms with Crippen LogP contribution in [0.1, 0.15) is 0 Å². The second-order valence-electron chi connectivity index (χ2n) is 6.03. The maximum Gasteiger partial charge on any atom is 0.262 e. The Hall–Kier alpha value is -2.12. The number of hydrogen-bond donors (Lipinski definition) is 2. The number of pyridine rings is 1. The van der Waals surface area contributed by atoms with E-state index in [0.717, 1.165) is 0 Å². The summed E-state index contributed by atoms with van der Waals surface area (Å²) in [6.07, 6.45) is 2.76. The van der Waals surface area contributed by atoms with E-state index in [1.165, 1.54) is 41.2 Å². The monoisotopic (exact) mass is 557 g/mol. The van der Waals surface area contributed by atoms with Crippen LogP contribution in [0.4, 0.5) is 5.69 Å². The van der Waals surface area contributed by atoms with Crippen LogP contribution in [-0.2, 0) is 10.0 Å². The van der Waals surface area contributed by atoms with Crippen molar-refractivity contribution >= 4 is 79.8 Å². The van der Waals surface area contributed by atoms with Gasteiger partial charge >= 0.3 is 0 Å². The Balaban J connectivity index is 1.84. The topological polar surface area (TPSA) is 118 Å². The number of hydrogen-bond acceptors (Lipinski definition) is 6. The molecule has 0 atom stereocenters. The Morgan fingerprint density at radius 2 is 1.87 bits per heavy atom. The van der Waals surface area contributed by atoms with E-state index in [1.54, 1.807) is 0 Å². The average Bonchev–Trinajstić information content (AvgIpc) is 3.28. The van der Waals surface area contributed by atoms with Crippen molar-refractivity contribution in [3.8, 4) is 17.3 Å². The van der Waals surface area contributed by atoms with Gasteiger partial charge in [-0.15, -0.1) is 10.2 Å². The zero-order chi connectivity index (χ0) is 22.3. The lowest BCUT2D eigenvalue weighted by molar-refractivity contribution is 0.601. The van der Waals surface area contributed by atoms with Crippen LogP contribution >= 0.6 is 50.7 Å². The van der Waals surface area contributed by atoms with E-state index < -0.39 is 10.0 Å². The molecule has 0 saturated carbocycles. The maximum atomic E-state index is 13.0. The van der Waals surface area contributed by atoms with Crippen molar-refractivity contribution in [3.05, 3.63) is 56.5 Å². The number of nitrogens with one attached hydrogen (secondary N) is 2. The first-order chi connectivity index (χ1) is 14.7. The van der Waals surface area contributed by atoms with Gasteiger partial charge in [0.25, 0.3) is 10.0 Å². The largest absolute Gasteiger partial charge is 0.277 e. The number of sulfonamides is 1. The number of halogens is 4. The number of aromatic amines is 1. The van der Waals surface area contributed by atoms with Gasteiger partial charge in [-0.2, -0.15) is 5.10 Å². The van der Waals surface area contributed by atoms with Gasteiger partial charge in [0, 0.05) is 12.4 Å². The molecule has 0 amide bonds. The maximum absolute atomic E-state index is 13.0. The highest BCUT2D eigenvalue weighted by Gasteiger charge is 2.24. The summed E-state index contributed by atoms with van der Waals surface area (Å²) in [4.78, 5) is 4.14. The molecule has 0 unspecified atom stereocenters. The average molecular weight is 559 g/mol. The molecule has 0 bridgehead atoms. The molecule has 0 saturated heterocycles. The molecule has 1 aromatic carbocycles. The molecular formula is C16H8BBrCl3N7O2S. The van der Waals surface area contributed by atoms with E-state index in [0.29, 0.717) is 11.3 Å². The second-order valence-corrected chi connectivity index (χ2v) is 9.68. The van der Waals surface area contributed by atoms with E-state index in [-0.39, 0.29) is 41.9 Å². The summed E-state index contributed by atoms with van der Waals surface area (Å²) < 4.78 is 30.1. The molecule has 0 spiro atoms. The van der Waals surface area contributed by atoms with Crippen molar-refractivity contribution in [3.63, 3.8) is 0 Å². The predicted molar refractivity (Wildman–Crippen MR) is 122 cm³/mol. The lowest BCUT2D eigenvalue weighted by atomic mass is 10.00. The molecule has 2 radical (unpaired) electrons. The van der Waals surface area contributed by atoms with Gasteiger partial charge in [0.15, 0.2) is 5.82 Å². The quantitative estimate of drug-likeness (QED) is 0.362. The molecule has 31 heavy (non-hydrogen) atoms. The Labute approximate surface area is 200 Å². The number of benzene rings is 1. The third-order valence-corrected chi connectivity index (χ3v) is 6.83. The van der Waals surface area contributed by atoms with Crippen molar-refractivity contribution in [1.82, 2.24) is 29.9 Å².